The molecule has 0 N–H and O–H groups in total. The predicted octanol–water partition coefficient (Wildman–Crippen LogP) is 5.87. The summed E-state index contributed by atoms with van der Waals surface area (Å²) < 4.78 is 0.535. The van der Waals surface area contributed by atoms with E-state index in [1.807, 2.05) is 18.2 Å². The number of carbonyl (C=O) groups excluding carboxylic acids is 1. The van der Waals surface area contributed by atoms with Crippen LogP contribution in [0, 0.1) is 0 Å². The van der Waals surface area contributed by atoms with E-state index >= 15 is 0 Å². The fourth-order valence-electron chi connectivity index (χ4n) is 2.41. The Morgan fingerprint density at radius 1 is 1.08 bits per heavy atom. The Kier molecular flexibility index (Phi) is 5.09. The van der Waals surface area contributed by atoms with E-state index in [0.717, 1.165) is 11.3 Å². The van der Waals surface area contributed by atoms with Crippen LogP contribution >= 0.6 is 35.6 Å². The Morgan fingerprint density at radius 3 is 2.29 bits per heavy atom. The maximum absolute atomic E-state index is 12.7. The number of benzene rings is 2. The number of carbonyl (C=O) groups is 1. The molecule has 2 aromatic carbocycles. The van der Waals surface area contributed by atoms with Crippen molar-refractivity contribution in [2.24, 2.45) is 0 Å². The van der Waals surface area contributed by atoms with Crippen LogP contribution in [-0.2, 0) is 4.79 Å². The largest absolute Gasteiger partial charge is 0.270 e. The lowest BCUT2D eigenvalue weighted by Crippen LogP contribution is -2.27. The van der Waals surface area contributed by atoms with Crippen molar-refractivity contribution in [3.63, 3.8) is 0 Å². The summed E-state index contributed by atoms with van der Waals surface area (Å²) in [5.41, 5.74) is 3.01. The van der Waals surface area contributed by atoms with Crippen LogP contribution in [0.5, 0.6) is 0 Å². The van der Waals surface area contributed by atoms with Crippen molar-refractivity contribution in [1.29, 1.82) is 0 Å². The van der Waals surface area contributed by atoms with Gasteiger partial charge in [0, 0.05) is 5.02 Å². The van der Waals surface area contributed by atoms with E-state index < -0.39 is 0 Å². The van der Waals surface area contributed by atoms with Crippen molar-refractivity contribution in [1.82, 2.24) is 0 Å². The molecule has 0 saturated carbocycles. The fraction of sp³-hybridized carbons (Fsp3) is 0.158. The van der Waals surface area contributed by atoms with Gasteiger partial charge >= 0.3 is 0 Å². The zero-order chi connectivity index (χ0) is 17.3. The number of thiocarbonyl (C=S) groups is 1. The molecule has 0 aromatic heterocycles. The number of hydrogen-bond acceptors (Lipinski definition) is 3. The molecular formula is C19H16ClNOS2. The third-order valence-electron chi connectivity index (χ3n) is 3.78. The zero-order valence-electron chi connectivity index (χ0n) is 13.3. The fourth-order valence-corrected chi connectivity index (χ4v) is 3.83. The minimum absolute atomic E-state index is 0.0970. The predicted molar refractivity (Wildman–Crippen MR) is 108 cm³/mol. The number of amides is 1. The van der Waals surface area contributed by atoms with Crippen LogP contribution in [-0.4, -0.2) is 10.2 Å². The lowest BCUT2D eigenvalue weighted by atomic mass is 10.0. The van der Waals surface area contributed by atoms with Crippen molar-refractivity contribution < 1.29 is 4.79 Å². The molecule has 1 aliphatic heterocycles. The first kappa shape index (κ1) is 17.2. The van der Waals surface area contributed by atoms with Gasteiger partial charge in [0.1, 0.15) is 0 Å². The van der Waals surface area contributed by atoms with Crippen LogP contribution in [0.4, 0.5) is 5.69 Å². The number of rotatable bonds is 3. The van der Waals surface area contributed by atoms with Crippen LogP contribution < -0.4 is 4.90 Å². The first-order valence-electron chi connectivity index (χ1n) is 7.59. The summed E-state index contributed by atoms with van der Waals surface area (Å²) in [5.74, 6) is 0.391. The SMILES string of the molecule is CC(C)c1ccc(/C=C2\SC(=S)N(c3ccc(Cl)cc3)C2=O)cc1. The molecule has 0 radical (unpaired) electrons. The highest BCUT2D eigenvalue weighted by Gasteiger charge is 2.33. The van der Waals surface area contributed by atoms with Crippen molar-refractivity contribution >= 4 is 57.6 Å². The van der Waals surface area contributed by atoms with Crippen LogP contribution in [0.15, 0.2) is 53.4 Å². The quantitative estimate of drug-likeness (QED) is 0.495. The molecule has 2 nitrogen and oxygen atoms in total. The van der Waals surface area contributed by atoms with Crippen molar-refractivity contribution in [3.8, 4) is 0 Å². The number of halogens is 1. The molecular weight excluding hydrogens is 358 g/mol. The van der Waals surface area contributed by atoms with E-state index in [1.165, 1.54) is 17.3 Å². The number of hydrogen-bond donors (Lipinski definition) is 0. The zero-order valence-corrected chi connectivity index (χ0v) is 15.7. The van der Waals surface area contributed by atoms with E-state index in [4.69, 9.17) is 23.8 Å². The minimum Gasteiger partial charge on any atom is -0.268 e. The standard InChI is InChI=1S/C19H16ClNOS2/c1-12(2)14-5-3-13(4-6-14)11-17-18(22)21(19(23)24-17)16-9-7-15(20)8-10-16/h3-12H,1-2H3/b17-11-. The molecule has 24 heavy (non-hydrogen) atoms. The normalized spacial score (nSPS) is 16.5. The summed E-state index contributed by atoms with van der Waals surface area (Å²) >= 11 is 12.6. The van der Waals surface area contributed by atoms with E-state index in [0.29, 0.717) is 20.2 Å². The van der Waals surface area contributed by atoms with E-state index in [-0.39, 0.29) is 5.91 Å². The van der Waals surface area contributed by atoms with Crippen molar-refractivity contribution in [3.05, 3.63) is 69.6 Å². The molecule has 1 aliphatic rings. The van der Waals surface area contributed by atoms with Gasteiger partial charge in [0.05, 0.1) is 10.6 Å². The average molecular weight is 374 g/mol. The van der Waals surface area contributed by atoms with Gasteiger partial charge in [0.2, 0.25) is 0 Å². The van der Waals surface area contributed by atoms with E-state index in [9.17, 15) is 4.79 Å². The summed E-state index contributed by atoms with van der Waals surface area (Å²) in [5, 5.41) is 0.630. The van der Waals surface area contributed by atoms with Crippen molar-refractivity contribution in [2.45, 2.75) is 19.8 Å². The molecule has 1 saturated heterocycles. The molecule has 0 aliphatic carbocycles. The first-order valence-corrected chi connectivity index (χ1v) is 9.19. The molecule has 122 valence electrons. The Bertz CT molecular complexity index is 810. The molecule has 5 heteroatoms. The van der Waals surface area contributed by atoms with Gasteiger partial charge in [-0.15, -0.1) is 0 Å². The lowest BCUT2D eigenvalue weighted by Gasteiger charge is -2.14. The summed E-state index contributed by atoms with van der Waals surface area (Å²) in [4.78, 5) is 14.9. The van der Waals surface area contributed by atoms with Gasteiger partial charge < -0.3 is 0 Å². The Hall–Kier alpha value is -1.62. The highest BCUT2D eigenvalue weighted by molar-refractivity contribution is 8.27. The van der Waals surface area contributed by atoms with Gasteiger partial charge in [0.25, 0.3) is 5.91 Å². The topological polar surface area (TPSA) is 20.3 Å². The second-order valence-electron chi connectivity index (χ2n) is 5.81. The maximum Gasteiger partial charge on any atom is 0.270 e. The average Bonchev–Trinajstić information content (AvgIpc) is 2.83. The molecule has 0 spiro atoms. The Morgan fingerprint density at radius 2 is 1.71 bits per heavy atom. The van der Waals surface area contributed by atoms with Gasteiger partial charge in [0.15, 0.2) is 4.32 Å². The highest BCUT2D eigenvalue weighted by Crippen LogP contribution is 2.36. The van der Waals surface area contributed by atoms with E-state index in [1.54, 1.807) is 29.2 Å². The molecule has 2 aromatic rings. The number of thioether (sulfide) groups is 1. The molecule has 1 amide bonds. The first-order chi connectivity index (χ1) is 11.5. The molecule has 1 heterocycles. The molecule has 0 atom stereocenters. The summed E-state index contributed by atoms with van der Waals surface area (Å²) in [6.45, 7) is 4.32. The smallest absolute Gasteiger partial charge is 0.268 e. The van der Waals surface area contributed by atoms with Crippen LogP contribution in [0.25, 0.3) is 6.08 Å². The Balaban J connectivity index is 1.86. The third-order valence-corrected chi connectivity index (χ3v) is 5.33. The maximum atomic E-state index is 12.7. The van der Waals surface area contributed by atoms with E-state index in [2.05, 4.69) is 26.0 Å². The third kappa shape index (κ3) is 3.56. The molecule has 1 fully saturated rings. The summed E-state index contributed by atoms with van der Waals surface area (Å²) in [6.07, 6.45) is 1.89. The van der Waals surface area contributed by atoms with Crippen molar-refractivity contribution in [2.75, 3.05) is 4.90 Å². The number of nitrogens with zero attached hydrogens (tertiary/aromatic N) is 1. The van der Waals surface area contributed by atoms with Gasteiger partial charge in [-0.05, 0) is 47.4 Å². The summed E-state index contributed by atoms with van der Waals surface area (Å²) in [7, 11) is 0. The molecule has 3 rings (SSSR count). The summed E-state index contributed by atoms with van der Waals surface area (Å²) in [6, 6.07) is 15.4. The van der Waals surface area contributed by atoms with Gasteiger partial charge in [-0.25, -0.2) is 0 Å². The minimum atomic E-state index is -0.0970. The van der Waals surface area contributed by atoms with Gasteiger partial charge in [-0.1, -0.05) is 73.7 Å². The van der Waals surface area contributed by atoms with Gasteiger partial charge in [-0.3, -0.25) is 9.69 Å². The molecule has 0 bridgehead atoms. The monoisotopic (exact) mass is 373 g/mol. The number of anilines is 1. The Labute approximate surface area is 156 Å². The van der Waals surface area contributed by atoms with Crippen LogP contribution in [0.2, 0.25) is 5.02 Å². The lowest BCUT2D eigenvalue weighted by molar-refractivity contribution is -0.113. The van der Waals surface area contributed by atoms with Crippen LogP contribution in [0.3, 0.4) is 0 Å². The van der Waals surface area contributed by atoms with Gasteiger partial charge in [-0.2, -0.15) is 0 Å². The second-order valence-corrected chi connectivity index (χ2v) is 7.93. The van der Waals surface area contributed by atoms with Crippen LogP contribution in [0.1, 0.15) is 30.9 Å². The second kappa shape index (κ2) is 7.09. The highest BCUT2D eigenvalue weighted by atomic mass is 35.5. The molecule has 0 unspecified atom stereocenters.